The van der Waals surface area contributed by atoms with Crippen molar-refractivity contribution in [2.45, 2.75) is 52.0 Å². The summed E-state index contributed by atoms with van der Waals surface area (Å²) in [5, 5.41) is 11.8. The molecule has 0 bridgehead atoms. The molecule has 1 fully saturated rings. The van der Waals surface area contributed by atoms with Crippen LogP contribution in [0, 0.1) is 11.8 Å². The first-order chi connectivity index (χ1) is 9.71. The lowest BCUT2D eigenvalue weighted by atomic mass is 9.95. The van der Waals surface area contributed by atoms with E-state index in [1.807, 2.05) is 0 Å². The third-order valence-electron chi connectivity index (χ3n) is 3.62. The van der Waals surface area contributed by atoms with Gasteiger partial charge in [0.15, 0.2) is 9.84 Å². The first kappa shape index (κ1) is 17.9. The normalized spacial score (nSPS) is 23.6. The summed E-state index contributed by atoms with van der Waals surface area (Å²) in [6.45, 7) is 3.56. The summed E-state index contributed by atoms with van der Waals surface area (Å²) in [6.07, 6.45) is 3.75. The second-order valence-electron chi connectivity index (χ2n) is 6.21. The Morgan fingerprint density at radius 1 is 1.19 bits per heavy atom. The maximum atomic E-state index is 11.9. The highest BCUT2D eigenvalue weighted by Crippen LogP contribution is 2.23. The molecule has 21 heavy (non-hydrogen) atoms. The Bertz CT molecular complexity index is 472. The molecule has 0 aliphatic heterocycles. The Morgan fingerprint density at radius 3 is 2.38 bits per heavy atom. The van der Waals surface area contributed by atoms with E-state index in [0.29, 0.717) is 12.8 Å². The van der Waals surface area contributed by atoms with E-state index in [4.69, 9.17) is 0 Å². The van der Waals surface area contributed by atoms with Gasteiger partial charge in [0, 0.05) is 6.04 Å². The zero-order chi connectivity index (χ0) is 16.0. The van der Waals surface area contributed by atoms with Crippen LogP contribution >= 0.6 is 0 Å². The van der Waals surface area contributed by atoms with Gasteiger partial charge in [-0.25, -0.2) is 8.42 Å². The second kappa shape index (κ2) is 7.77. The smallest absolute Gasteiger partial charge is 0.308 e. The summed E-state index contributed by atoms with van der Waals surface area (Å²) >= 11 is 0. The van der Waals surface area contributed by atoms with Crippen molar-refractivity contribution < 1.29 is 23.1 Å². The lowest BCUT2D eigenvalue weighted by Crippen LogP contribution is -2.45. The molecule has 0 unspecified atom stereocenters. The molecule has 0 aromatic carbocycles. The number of carboxylic acid groups (broad SMARTS) is 1. The van der Waals surface area contributed by atoms with Gasteiger partial charge in [0.2, 0.25) is 5.91 Å². The molecule has 1 rings (SSSR count). The standard InChI is InChI=1S/C14H25NO5S/c1-10(2)8-21(19,20)9-13(16)15-12-7-5-3-4-6-11(12)14(17)18/h10-12H,3-9H2,1-2H3,(H,15,16)(H,17,18)/t11-,12+/m1/s1. The number of rotatable bonds is 6. The van der Waals surface area contributed by atoms with Crippen LogP contribution in [0.1, 0.15) is 46.0 Å². The number of sulfone groups is 1. The molecule has 0 saturated heterocycles. The summed E-state index contributed by atoms with van der Waals surface area (Å²) in [5.41, 5.74) is 0. The van der Waals surface area contributed by atoms with Crippen molar-refractivity contribution in [2.24, 2.45) is 11.8 Å². The van der Waals surface area contributed by atoms with Crippen molar-refractivity contribution >= 4 is 21.7 Å². The van der Waals surface area contributed by atoms with Gasteiger partial charge in [-0.3, -0.25) is 9.59 Å². The highest BCUT2D eigenvalue weighted by molar-refractivity contribution is 7.92. The average molecular weight is 319 g/mol. The quantitative estimate of drug-likeness (QED) is 0.717. The molecule has 1 aliphatic carbocycles. The van der Waals surface area contributed by atoms with Gasteiger partial charge in [0.1, 0.15) is 5.75 Å². The van der Waals surface area contributed by atoms with E-state index in [1.54, 1.807) is 13.8 Å². The number of carboxylic acids is 1. The minimum atomic E-state index is -3.44. The van der Waals surface area contributed by atoms with E-state index < -0.39 is 39.4 Å². The fourth-order valence-corrected chi connectivity index (χ4v) is 4.41. The van der Waals surface area contributed by atoms with Crippen molar-refractivity contribution in [3.63, 3.8) is 0 Å². The van der Waals surface area contributed by atoms with Crippen molar-refractivity contribution in [1.29, 1.82) is 0 Å². The number of carbonyl (C=O) groups excluding carboxylic acids is 1. The Kier molecular flexibility index (Phi) is 6.64. The third-order valence-corrected chi connectivity index (χ3v) is 5.49. The number of hydrogen-bond donors (Lipinski definition) is 2. The van der Waals surface area contributed by atoms with Crippen molar-refractivity contribution in [1.82, 2.24) is 5.32 Å². The zero-order valence-electron chi connectivity index (χ0n) is 12.7. The lowest BCUT2D eigenvalue weighted by molar-refractivity contribution is -0.143. The van der Waals surface area contributed by atoms with E-state index in [-0.39, 0.29) is 11.7 Å². The van der Waals surface area contributed by atoms with Crippen molar-refractivity contribution in [3.05, 3.63) is 0 Å². The van der Waals surface area contributed by atoms with Crippen LogP contribution in [0.15, 0.2) is 0 Å². The number of aliphatic carboxylic acids is 1. The van der Waals surface area contributed by atoms with Crippen molar-refractivity contribution in [2.75, 3.05) is 11.5 Å². The Morgan fingerprint density at radius 2 is 1.81 bits per heavy atom. The minimum absolute atomic E-state index is 0.0343. The Hall–Kier alpha value is -1.11. The first-order valence-corrected chi connectivity index (χ1v) is 9.26. The Balaban J connectivity index is 2.64. The van der Waals surface area contributed by atoms with Gasteiger partial charge >= 0.3 is 5.97 Å². The van der Waals surface area contributed by atoms with Gasteiger partial charge in [-0.1, -0.05) is 33.1 Å². The first-order valence-electron chi connectivity index (χ1n) is 7.44. The molecule has 1 amide bonds. The van der Waals surface area contributed by atoms with Crippen LogP contribution in [0.4, 0.5) is 0 Å². The molecule has 0 aromatic rings. The number of nitrogens with one attached hydrogen (secondary N) is 1. The summed E-state index contributed by atoms with van der Waals surface area (Å²) < 4.78 is 23.6. The van der Waals surface area contributed by atoms with E-state index in [2.05, 4.69) is 5.32 Å². The van der Waals surface area contributed by atoms with Gasteiger partial charge in [-0.2, -0.15) is 0 Å². The van der Waals surface area contributed by atoms with Crippen LogP contribution in [0.3, 0.4) is 0 Å². The van der Waals surface area contributed by atoms with E-state index >= 15 is 0 Å². The summed E-state index contributed by atoms with van der Waals surface area (Å²) in [4.78, 5) is 23.2. The molecule has 0 aromatic heterocycles. The summed E-state index contributed by atoms with van der Waals surface area (Å²) in [7, 11) is -3.44. The molecule has 1 saturated carbocycles. The molecule has 122 valence electrons. The van der Waals surface area contributed by atoms with Crippen LogP contribution < -0.4 is 5.32 Å². The summed E-state index contributed by atoms with van der Waals surface area (Å²) in [6, 6.07) is -0.466. The van der Waals surface area contributed by atoms with Crippen LogP contribution in [0.25, 0.3) is 0 Å². The predicted octanol–water partition coefficient (Wildman–Crippen LogP) is 1.21. The maximum Gasteiger partial charge on any atom is 0.308 e. The largest absolute Gasteiger partial charge is 0.481 e. The van der Waals surface area contributed by atoms with Gasteiger partial charge in [0.05, 0.1) is 11.7 Å². The molecule has 1 aliphatic rings. The maximum absolute atomic E-state index is 11.9. The second-order valence-corrected chi connectivity index (χ2v) is 8.31. The fraction of sp³-hybridized carbons (Fsp3) is 0.857. The SMILES string of the molecule is CC(C)CS(=O)(=O)CC(=O)N[C@H]1CCCCC[C@H]1C(=O)O. The van der Waals surface area contributed by atoms with E-state index in [0.717, 1.165) is 19.3 Å². The Labute approximate surface area is 126 Å². The topological polar surface area (TPSA) is 101 Å². The number of hydrogen-bond acceptors (Lipinski definition) is 4. The fourth-order valence-electron chi connectivity index (χ4n) is 2.79. The van der Waals surface area contributed by atoms with Crippen molar-refractivity contribution in [3.8, 4) is 0 Å². The highest BCUT2D eigenvalue weighted by atomic mass is 32.2. The van der Waals surface area contributed by atoms with Crippen LogP contribution in [-0.2, 0) is 19.4 Å². The van der Waals surface area contributed by atoms with Gasteiger partial charge < -0.3 is 10.4 Å². The third kappa shape index (κ3) is 6.46. The van der Waals surface area contributed by atoms with Gasteiger partial charge in [-0.15, -0.1) is 0 Å². The lowest BCUT2D eigenvalue weighted by Gasteiger charge is -2.22. The van der Waals surface area contributed by atoms with Gasteiger partial charge in [-0.05, 0) is 18.8 Å². The predicted molar refractivity (Wildman–Crippen MR) is 79.6 cm³/mol. The molecule has 2 N–H and O–H groups in total. The van der Waals surface area contributed by atoms with Crippen LogP contribution in [0.5, 0.6) is 0 Å². The monoisotopic (exact) mass is 319 g/mol. The van der Waals surface area contributed by atoms with E-state index in [9.17, 15) is 23.1 Å². The molecular weight excluding hydrogens is 294 g/mol. The molecule has 2 atom stereocenters. The van der Waals surface area contributed by atoms with Gasteiger partial charge in [0.25, 0.3) is 0 Å². The molecule has 0 heterocycles. The summed E-state index contributed by atoms with van der Waals surface area (Å²) in [5.74, 6) is -2.76. The van der Waals surface area contributed by atoms with Crippen LogP contribution in [-0.4, -0.2) is 42.9 Å². The van der Waals surface area contributed by atoms with E-state index in [1.165, 1.54) is 0 Å². The molecule has 6 nitrogen and oxygen atoms in total. The molecule has 0 radical (unpaired) electrons. The number of carbonyl (C=O) groups is 2. The average Bonchev–Trinajstić information content (AvgIpc) is 2.51. The highest BCUT2D eigenvalue weighted by Gasteiger charge is 2.31. The molecule has 0 spiro atoms. The molecule has 7 heteroatoms. The minimum Gasteiger partial charge on any atom is -0.481 e. The molecular formula is C14H25NO5S. The van der Waals surface area contributed by atoms with Crippen LogP contribution in [0.2, 0.25) is 0 Å². The zero-order valence-corrected chi connectivity index (χ0v) is 13.5. The number of amides is 1.